The Hall–Kier alpha value is -1.53. The van der Waals surface area contributed by atoms with Crippen LogP contribution in [-0.4, -0.2) is 15.0 Å². The molecule has 4 nitrogen and oxygen atoms in total. The topological polar surface area (TPSA) is 63.8 Å². The second-order valence-corrected chi connectivity index (χ2v) is 5.41. The van der Waals surface area contributed by atoms with Crippen molar-refractivity contribution in [1.82, 2.24) is 9.97 Å². The molecule has 0 amide bonds. The lowest BCUT2D eigenvalue weighted by molar-refractivity contribution is 0.984. The van der Waals surface area contributed by atoms with Crippen molar-refractivity contribution >= 4 is 38.8 Å². The molecule has 0 bridgehead atoms. The SMILES string of the molecule is Cc1cnc(CNc2ccc(Br)cc2C(N)=S)cn1. The van der Waals surface area contributed by atoms with E-state index in [9.17, 15) is 0 Å². The van der Waals surface area contributed by atoms with Crippen LogP contribution in [0.4, 0.5) is 5.69 Å². The van der Waals surface area contributed by atoms with Crippen molar-refractivity contribution in [1.29, 1.82) is 0 Å². The fraction of sp³-hybridized carbons (Fsp3) is 0.154. The van der Waals surface area contributed by atoms with E-state index in [0.29, 0.717) is 11.5 Å². The predicted octanol–water partition coefficient (Wildman–Crippen LogP) is 2.79. The van der Waals surface area contributed by atoms with Crippen molar-refractivity contribution < 1.29 is 0 Å². The summed E-state index contributed by atoms with van der Waals surface area (Å²) < 4.78 is 0.941. The molecule has 0 fully saturated rings. The van der Waals surface area contributed by atoms with Crippen molar-refractivity contribution in [2.45, 2.75) is 13.5 Å². The second-order valence-electron chi connectivity index (χ2n) is 4.06. The monoisotopic (exact) mass is 336 g/mol. The van der Waals surface area contributed by atoms with Crippen LogP contribution in [0.25, 0.3) is 0 Å². The van der Waals surface area contributed by atoms with Gasteiger partial charge in [0.25, 0.3) is 0 Å². The summed E-state index contributed by atoms with van der Waals surface area (Å²) in [5.74, 6) is 0. The Kier molecular flexibility index (Phi) is 4.44. The Bertz CT molecular complexity index is 598. The molecule has 0 saturated heterocycles. The maximum atomic E-state index is 5.71. The molecule has 1 heterocycles. The highest BCUT2D eigenvalue weighted by molar-refractivity contribution is 9.10. The van der Waals surface area contributed by atoms with Crippen LogP contribution in [0.1, 0.15) is 17.0 Å². The van der Waals surface area contributed by atoms with Crippen molar-refractivity contribution in [3.8, 4) is 0 Å². The number of aryl methyl sites for hydroxylation is 1. The molecule has 0 spiro atoms. The summed E-state index contributed by atoms with van der Waals surface area (Å²) in [6.07, 6.45) is 3.49. The van der Waals surface area contributed by atoms with E-state index in [2.05, 4.69) is 31.2 Å². The molecule has 0 saturated carbocycles. The van der Waals surface area contributed by atoms with Crippen LogP contribution in [0.15, 0.2) is 35.1 Å². The third-order valence-electron chi connectivity index (χ3n) is 2.54. The normalized spacial score (nSPS) is 10.2. The number of benzene rings is 1. The summed E-state index contributed by atoms with van der Waals surface area (Å²) in [6, 6.07) is 5.76. The van der Waals surface area contributed by atoms with Crippen molar-refractivity contribution in [2.24, 2.45) is 5.73 Å². The molecule has 0 aliphatic rings. The van der Waals surface area contributed by atoms with E-state index in [0.717, 1.165) is 27.1 Å². The number of halogens is 1. The number of nitrogens with one attached hydrogen (secondary N) is 1. The van der Waals surface area contributed by atoms with Gasteiger partial charge in [-0.2, -0.15) is 0 Å². The molecule has 0 aliphatic carbocycles. The van der Waals surface area contributed by atoms with Crippen LogP contribution in [0.2, 0.25) is 0 Å². The maximum absolute atomic E-state index is 5.71. The summed E-state index contributed by atoms with van der Waals surface area (Å²) in [7, 11) is 0. The van der Waals surface area contributed by atoms with Gasteiger partial charge >= 0.3 is 0 Å². The van der Waals surface area contributed by atoms with Crippen LogP contribution < -0.4 is 11.1 Å². The lowest BCUT2D eigenvalue weighted by Gasteiger charge is -2.11. The molecule has 1 aromatic carbocycles. The molecule has 2 rings (SSSR count). The van der Waals surface area contributed by atoms with Crippen molar-refractivity contribution in [3.63, 3.8) is 0 Å². The second kappa shape index (κ2) is 6.08. The van der Waals surface area contributed by atoms with Gasteiger partial charge in [-0.25, -0.2) is 0 Å². The Morgan fingerprint density at radius 1 is 1.37 bits per heavy atom. The predicted molar refractivity (Wildman–Crippen MR) is 84.1 cm³/mol. The third-order valence-corrected chi connectivity index (χ3v) is 3.25. The van der Waals surface area contributed by atoms with E-state index in [1.807, 2.05) is 25.1 Å². The average Bonchev–Trinajstić information content (AvgIpc) is 2.39. The van der Waals surface area contributed by atoms with Gasteiger partial charge in [0.05, 0.1) is 24.1 Å². The van der Waals surface area contributed by atoms with E-state index in [4.69, 9.17) is 18.0 Å². The smallest absolute Gasteiger partial charge is 0.106 e. The number of nitrogens with zero attached hydrogens (tertiary/aromatic N) is 2. The minimum absolute atomic E-state index is 0.360. The highest BCUT2D eigenvalue weighted by atomic mass is 79.9. The molecule has 98 valence electrons. The van der Waals surface area contributed by atoms with E-state index in [1.165, 1.54) is 0 Å². The van der Waals surface area contributed by atoms with E-state index in [1.54, 1.807) is 12.4 Å². The highest BCUT2D eigenvalue weighted by Crippen LogP contribution is 2.21. The lowest BCUT2D eigenvalue weighted by Crippen LogP contribution is -2.13. The van der Waals surface area contributed by atoms with Crippen molar-refractivity contribution in [2.75, 3.05) is 5.32 Å². The third kappa shape index (κ3) is 3.71. The average molecular weight is 337 g/mol. The first-order valence-electron chi connectivity index (χ1n) is 5.67. The molecule has 2 aromatic rings. The molecule has 6 heteroatoms. The van der Waals surface area contributed by atoms with E-state index in [-0.39, 0.29) is 0 Å². The number of hydrogen-bond donors (Lipinski definition) is 2. The van der Waals surface area contributed by atoms with Gasteiger partial charge in [0, 0.05) is 21.9 Å². The molecule has 0 unspecified atom stereocenters. The first kappa shape index (κ1) is 13.9. The largest absolute Gasteiger partial charge is 0.389 e. The van der Waals surface area contributed by atoms with Crippen LogP contribution in [0.3, 0.4) is 0 Å². The number of nitrogens with two attached hydrogens (primary N) is 1. The Balaban J connectivity index is 2.15. The minimum Gasteiger partial charge on any atom is -0.389 e. The number of hydrogen-bond acceptors (Lipinski definition) is 4. The first-order valence-corrected chi connectivity index (χ1v) is 6.87. The number of rotatable bonds is 4. The first-order chi connectivity index (χ1) is 9.06. The van der Waals surface area contributed by atoms with Crippen LogP contribution in [0.5, 0.6) is 0 Å². The van der Waals surface area contributed by atoms with Gasteiger partial charge in [-0.3, -0.25) is 9.97 Å². The zero-order valence-corrected chi connectivity index (χ0v) is 12.8. The summed E-state index contributed by atoms with van der Waals surface area (Å²) >= 11 is 8.45. The van der Waals surface area contributed by atoms with Crippen LogP contribution in [-0.2, 0) is 6.54 Å². The minimum atomic E-state index is 0.360. The molecule has 0 radical (unpaired) electrons. The summed E-state index contributed by atoms with van der Waals surface area (Å²) in [4.78, 5) is 8.85. The fourth-order valence-corrected chi connectivity index (χ4v) is 2.10. The van der Waals surface area contributed by atoms with Gasteiger partial charge in [-0.1, -0.05) is 28.1 Å². The number of thiocarbonyl (C=S) groups is 1. The Morgan fingerprint density at radius 3 is 2.79 bits per heavy atom. The van der Waals surface area contributed by atoms with Gasteiger partial charge in [0.2, 0.25) is 0 Å². The van der Waals surface area contributed by atoms with Crippen LogP contribution >= 0.6 is 28.1 Å². The summed E-state index contributed by atoms with van der Waals surface area (Å²) in [6.45, 7) is 2.48. The van der Waals surface area contributed by atoms with Crippen molar-refractivity contribution in [3.05, 3.63) is 52.0 Å². The zero-order valence-electron chi connectivity index (χ0n) is 10.4. The molecule has 19 heavy (non-hydrogen) atoms. The molecular weight excluding hydrogens is 324 g/mol. The summed E-state index contributed by atoms with van der Waals surface area (Å²) in [5.41, 5.74) is 9.17. The van der Waals surface area contributed by atoms with Gasteiger partial charge in [-0.15, -0.1) is 0 Å². The van der Waals surface area contributed by atoms with Gasteiger partial charge in [0.1, 0.15) is 4.99 Å². The number of anilines is 1. The molecule has 0 aliphatic heterocycles. The zero-order chi connectivity index (χ0) is 13.8. The Labute approximate surface area is 125 Å². The van der Waals surface area contributed by atoms with E-state index >= 15 is 0 Å². The standard InChI is InChI=1S/C13H13BrN4S/c1-8-5-17-10(6-16-8)7-18-12-3-2-9(14)4-11(12)13(15)19/h2-6,18H,7H2,1H3,(H2,15,19). The van der Waals surface area contributed by atoms with Crippen LogP contribution in [0, 0.1) is 6.92 Å². The summed E-state index contributed by atoms with van der Waals surface area (Å²) in [5, 5.41) is 3.27. The van der Waals surface area contributed by atoms with Gasteiger partial charge in [-0.05, 0) is 25.1 Å². The fourth-order valence-electron chi connectivity index (χ4n) is 1.57. The molecule has 1 aromatic heterocycles. The van der Waals surface area contributed by atoms with Gasteiger partial charge < -0.3 is 11.1 Å². The quantitative estimate of drug-likeness (QED) is 0.840. The Morgan fingerprint density at radius 2 is 2.16 bits per heavy atom. The molecular formula is C13H13BrN4S. The van der Waals surface area contributed by atoms with E-state index < -0.39 is 0 Å². The number of aromatic nitrogens is 2. The lowest BCUT2D eigenvalue weighted by atomic mass is 10.1. The maximum Gasteiger partial charge on any atom is 0.106 e. The molecule has 3 N–H and O–H groups in total. The molecule has 0 atom stereocenters. The van der Waals surface area contributed by atoms with Gasteiger partial charge in [0.15, 0.2) is 0 Å². The highest BCUT2D eigenvalue weighted by Gasteiger charge is 2.06.